The Morgan fingerprint density at radius 3 is 2.22 bits per heavy atom. The minimum absolute atomic E-state index is 0.704. The molecule has 46 heavy (non-hydrogen) atoms. The highest BCUT2D eigenvalue weighted by Gasteiger charge is 2.55. The van der Waals surface area contributed by atoms with Gasteiger partial charge in [-0.25, -0.2) is 0 Å². The molecule has 6 fully saturated rings. The standard InChI is InChI=1S/C44H68N2/c1-3-13-36(14-4-1)45(38-24-21-32(22-25-38)34-20-19-31-11-7-8-12-33(31)29-34)39-26-28-40-35(30-39)23-27-42-41-17-9-10-18-43(41)46(44(40)42)37-15-5-2-6-16-37/h1,3,18,21,24,31-42,44H,2,4-17,19-20,22-23,25-30H2/t31-,32+,33?,34?,35+,36?,38?,39+,40-,41+,42-,44-/m1/s1. The molecular weight excluding hydrogens is 556 g/mol. The van der Waals surface area contributed by atoms with Gasteiger partial charge in [0.25, 0.3) is 0 Å². The lowest BCUT2D eigenvalue weighted by Gasteiger charge is -2.54. The normalized spacial score (nSPS) is 46.3. The average Bonchev–Trinajstić information content (AvgIpc) is 3.47. The highest BCUT2D eigenvalue weighted by Crippen LogP contribution is 2.58. The van der Waals surface area contributed by atoms with Gasteiger partial charge in [-0.3, -0.25) is 4.90 Å². The van der Waals surface area contributed by atoms with Crippen LogP contribution in [0, 0.1) is 47.3 Å². The van der Waals surface area contributed by atoms with Crippen LogP contribution < -0.4 is 0 Å². The lowest BCUT2D eigenvalue weighted by Crippen LogP contribution is -2.56. The van der Waals surface area contributed by atoms with Crippen LogP contribution in [0.2, 0.25) is 0 Å². The van der Waals surface area contributed by atoms with Gasteiger partial charge in [0.15, 0.2) is 0 Å². The molecule has 0 aromatic carbocycles. The van der Waals surface area contributed by atoms with Gasteiger partial charge in [0, 0.05) is 41.8 Å². The van der Waals surface area contributed by atoms with Gasteiger partial charge in [-0.2, -0.15) is 0 Å². The average molecular weight is 625 g/mol. The van der Waals surface area contributed by atoms with Gasteiger partial charge in [0.1, 0.15) is 0 Å². The Hall–Kier alpha value is -1.02. The molecule has 0 bridgehead atoms. The topological polar surface area (TPSA) is 6.48 Å². The summed E-state index contributed by atoms with van der Waals surface area (Å²) in [7, 11) is 0. The molecule has 0 radical (unpaired) electrons. The van der Waals surface area contributed by atoms with Crippen LogP contribution >= 0.6 is 0 Å². The molecule has 2 nitrogen and oxygen atoms in total. The first-order valence-corrected chi connectivity index (χ1v) is 21.4. The number of nitrogens with zero attached hydrogens (tertiary/aromatic N) is 2. The van der Waals surface area contributed by atoms with E-state index in [2.05, 4.69) is 40.2 Å². The predicted octanol–water partition coefficient (Wildman–Crippen LogP) is 11.2. The van der Waals surface area contributed by atoms with Crippen LogP contribution in [0.3, 0.4) is 0 Å². The second kappa shape index (κ2) is 13.7. The molecule has 4 unspecified atom stereocenters. The third-order valence-electron chi connectivity index (χ3n) is 16.3. The smallest absolute Gasteiger partial charge is 0.0355 e. The first kappa shape index (κ1) is 31.0. The first-order valence-electron chi connectivity index (χ1n) is 21.4. The zero-order valence-corrected chi connectivity index (χ0v) is 29.5. The van der Waals surface area contributed by atoms with Crippen molar-refractivity contribution in [3.63, 3.8) is 0 Å². The number of hydrogen-bond donors (Lipinski definition) is 0. The van der Waals surface area contributed by atoms with Crippen LogP contribution in [0.4, 0.5) is 0 Å². The molecule has 0 N–H and O–H groups in total. The molecule has 2 heteroatoms. The minimum atomic E-state index is 0.704. The molecule has 8 aliphatic carbocycles. The van der Waals surface area contributed by atoms with Gasteiger partial charge >= 0.3 is 0 Å². The van der Waals surface area contributed by atoms with Crippen LogP contribution in [0.15, 0.2) is 36.1 Å². The summed E-state index contributed by atoms with van der Waals surface area (Å²) < 4.78 is 0. The van der Waals surface area contributed by atoms with E-state index in [-0.39, 0.29) is 0 Å². The Labute approximate surface area is 283 Å². The molecule has 0 aromatic heterocycles. The zero-order chi connectivity index (χ0) is 30.5. The fourth-order valence-electron chi connectivity index (χ4n) is 14.3. The molecule has 9 rings (SSSR count). The molecule has 0 amide bonds. The van der Waals surface area contributed by atoms with Crippen LogP contribution in [0.5, 0.6) is 0 Å². The van der Waals surface area contributed by atoms with Crippen LogP contribution in [-0.4, -0.2) is 40.0 Å². The number of likely N-dealkylation sites (tertiary alicyclic amines) is 1. The zero-order valence-electron chi connectivity index (χ0n) is 29.5. The second-order valence-electron chi connectivity index (χ2n) is 18.4. The fraction of sp³-hybridized carbons (Fsp3) is 0.864. The molecule has 9 aliphatic rings. The van der Waals surface area contributed by atoms with Gasteiger partial charge in [-0.05, 0) is 157 Å². The van der Waals surface area contributed by atoms with Crippen molar-refractivity contribution in [1.82, 2.24) is 9.80 Å². The lowest BCUT2D eigenvalue weighted by molar-refractivity contribution is -0.0243. The van der Waals surface area contributed by atoms with Crippen LogP contribution in [0.1, 0.15) is 161 Å². The summed E-state index contributed by atoms with van der Waals surface area (Å²) in [4.78, 5) is 6.37. The summed E-state index contributed by atoms with van der Waals surface area (Å²) in [6.45, 7) is 0. The van der Waals surface area contributed by atoms with E-state index in [1.54, 1.807) is 25.7 Å². The summed E-state index contributed by atoms with van der Waals surface area (Å²) in [5.41, 5.74) is 1.87. The van der Waals surface area contributed by atoms with E-state index >= 15 is 0 Å². The Balaban J connectivity index is 0.916. The number of rotatable bonds is 5. The van der Waals surface area contributed by atoms with Crippen LogP contribution in [-0.2, 0) is 0 Å². The van der Waals surface area contributed by atoms with Crippen LogP contribution in [0.25, 0.3) is 0 Å². The third-order valence-corrected chi connectivity index (χ3v) is 16.3. The lowest BCUT2D eigenvalue weighted by atomic mass is 9.61. The van der Waals surface area contributed by atoms with E-state index in [1.165, 1.54) is 135 Å². The number of fused-ring (bicyclic) bond motifs is 6. The van der Waals surface area contributed by atoms with Crippen molar-refractivity contribution < 1.29 is 0 Å². The Morgan fingerprint density at radius 1 is 0.543 bits per heavy atom. The van der Waals surface area contributed by atoms with Crippen molar-refractivity contribution in [2.75, 3.05) is 0 Å². The van der Waals surface area contributed by atoms with E-state index in [1.807, 2.05) is 5.70 Å². The highest BCUT2D eigenvalue weighted by molar-refractivity contribution is 5.23. The van der Waals surface area contributed by atoms with Gasteiger partial charge in [-0.15, -0.1) is 0 Å². The fourth-order valence-corrected chi connectivity index (χ4v) is 14.3. The maximum atomic E-state index is 3.19. The molecule has 5 saturated carbocycles. The second-order valence-corrected chi connectivity index (χ2v) is 18.4. The van der Waals surface area contributed by atoms with Crippen molar-refractivity contribution in [3.8, 4) is 0 Å². The van der Waals surface area contributed by atoms with E-state index in [4.69, 9.17) is 0 Å². The molecule has 1 heterocycles. The van der Waals surface area contributed by atoms with Crippen molar-refractivity contribution in [2.24, 2.45) is 47.3 Å². The molecule has 12 atom stereocenters. The van der Waals surface area contributed by atoms with Crippen molar-refractivity contribution in [1.29, 1.82) is 0 Å². The predicted molar refractivity (Wildman–Crippen MR) is 192 cm³/mol. The molecule has 1 aliphatic heterocycles. The summed E-state index contributed by atoms with van der Waals surface area (Å²) in [5.74, 6) is 7.87. The molecule has 0 spiro atoms. The van der Waals surface area contributed by atoms with Gasteiger partial charge in [0.05, 0.1) is 0 Å². The molecule has 1 saturated heterocycles. The molecule has 254 valence electrons. The number of hydrogen-bond acceptors (Lipinski definition) is 2. The molecule has 0 aromatic rings. The van der Waals surface area contributed by atoms with Gasteiger partial charge in [0.2, 0.25) is 0 Å². The largest absolute Gasteiger partial charge is 0.368 e. The van der Waals surface area contributed by atoms with E-state index in [0.29, 0.717) is 6.04 Å². The Kier molecular flexibility index (Phi) is 9.24. The summed E-state index contributed by atoms with van der Waals surface area (Å²) in [6, 6.07) is 4.06. The third kappa shape index (κ3) is 5.83. The summed E-state index contributed by atoms with van der Waals surface area (Å²) in [6.07, 6.45) is 50.3. The summed E-state index contributed by atoms with van der Waals surface area (Å²) in [5, 5.41) is 0. The maximum Gasteiger partial charge on any atom is 0.0355 e. The molecular formula is C44H68N2. The van der Waals surface area contributed by atoms with Crippen molar-refractivity contribution >= 4 is 0 Å². The Morgan fingerprint density at radius 2 is 1.37 bits per heavy atom. The maximum absolute atomic E-state index is 3.19. The minimum Gasteiger partial charge on any atom is -0.368 e. The quantitative estimate of drug-likeness (QED) is 0.281. The van der Waals surface area contributed by atoms with E-state index in [0.717, 1.165) is 71.5 Å². The monoisotopic (exact) mass is 625 g/mol. The van der Waals surface area contributed by atoms with E-state index < -0.39 is 0 Å². The van der Waals surface area contributed by atoms with Crippen molar-refractivity contribution in [2.45, 2.75) is 191 Å². The first-order chi connectivity index (χ1) is 22.8. The SMILES string of the molecule is C1=CCC(N(C2C=C[C@H](C3CC[C@H]4CCCCC4C3)CC2)[C@H]2CC[C@@H]3[C@@H](CC[C@H]4[C@@H]3N(C3CCCCC3)C3=CCCC[C@H]34)C2)CC1. The highest BCUT2D eigenvalue weighted by atomic mass is 15.3. The van der Waals surface area contributed by atoms with Gasteiger partial charge in [-0.1, -0.05) is 75.3 Å². The van der Waals surface area contributed by atoms with Gasteiger partial charge < -0.3 is 4.90 Å². The number of allylic oxidation sites excluding steroid dienone is 4. The van der Waals surface area contributed by atoms with Crippen molar-refractivity contribution in [3.05, 3.63) is 36.1 Å². The summed E-state index contributed by atoms with van der Waals surface area (Å²) >= 11 is 0. The Bertz CT molecular complexity index is 1130. The van der Waals surface area contributed by atoms with E-state index in [9.17, 15) is 0 Å².